The largest absolute Gasteiger partial charge is 0.483 e. The van der Waals surface area contributed by atoms with Crippen LogP contribution in [0.2, 0.25) is 0 Å². The number of hydrogen-bond donors (Lipinski definition) is 0. The molecule has 8 nitrogen and oxygen atoms in total. The summed E-state index contributed by atoms with van der Waals surface area (Å²) in [6.07, 6.45) is 4.62. The topological polar surface area (TPSA) is 85.4 Å². The molecule has 0 unspecified atom stereocenters. The number of rotatable bonds is 7. The third-order valence-electron chi connectivity index (χ3n) is 11.3. The minimum Gasteiger partial charge on any atom is -0.483 e. The standard InChI is InChI=1S/C39H46N2O6/c1-23(2)21-41(34(44)14-11-28-8-7-24(3)25(4)19-28)31-15-16-39(47-27(6)43)33-20-30-12-13-32(45-26(5)42)36-35(30)38(39,37(31)46-36)17-18-40(33)22-29-9-10-29/h7-8,12-13,19,23,29,31,33,37H,9-10,15-18,20-22H2,1-6H3/t31-,33+,37-,38-,39+/m0/s1. The number of piperidine rings is 1. The van der Waals surface area contributed by atoms with Gasteiger partial charge in [0.2, 0.25) is 0 Å². The Labute approximate surface area is 278 Å². The average Bonchev–Trinajstić information content (AvgIpc) is 3.75. The third-order valence-corrected chi connectivity index (χ3v) is 11.3. The van der Waals surface area contributed by atoms with Gasteiger partial charge >= 0.3 is 11.9 Å². The third kappa shape index (κ3) is 5.22. The highest BCUT2D eigenvalue weighted by atomic mass is 16.6. The highest BCUT2D eigenvalue weighted by molar-refractivity contribution is 5.94. The molecule has 2 bridgehead atoms. The Morgan fingerprint density at radius 1 is 1.04 bits per heavy atom. The first kappa shape index (κ1) is 31.8. The van der Waals surface area contributed by atoms with E-state index in [0.29, 0.717) is 43.2 Å². The van der Waals surface area contributed by atoms with Crippen LogP contribution in [0.5, 0.6) is 11.5 Å². The fourth-order valence-corrected chi connectivity index (χ4v) is 9.21. The van der Waals surface area contributed by atoms with E-state index in [9.17, 15) is 14.4 Å². The van der Waals surface area contributed by atoms with Gasteiger partial charge in [0.05, 0.1) is 17.5 Å². The molecule has 8 heteroatoms. The van der Waals surface area contributed by atoms with Crippen LogP contribution in [0.4, 0.5) is 0 Å². The molecule has 2 saturated carbocycles. The van der Waals surface area contributed by atoms with Crippen LogP contribution < -0.4 is 9.47 Å². The minimum absolute atomic E-state index is 0.00959. The first-order valence-electron chi connectivity index (χ1n) is 17.3. The molecule has 248 valence electrons. The number of hydrogen-bond acceptors (Lipinski definition) is 7. The highest BCUT2D eigenvalue weighted by Gasteiger charge is 2.76. The van der Waals surface area contributed by atoms with Crippen LogP contribution in [0.3, 0.4) is 0 Å². The van der Waals surface area contributed by atoms with Crippen LogP contribution in [0.15, 0.2) is 30.3 Å². The molecule has 0 aromatic heterocycles. The Hall–Kier alpha value is -3.83. The summed E-state index contributed by atoms with van der Waals surface area (Å²) in [5.74, 6) is 6.95. The molecule has 5 atom stereocenters. The van der Waals surface area contributed by atoms with Crippen LogP contribution in [0.1, 0.15) is 87.6 Å². The number of likely N-dealkylation sites (tertiary alicyclic amines) is 1. The summed E-state index contributed by atoms with van der Waals surface area (Å²) in [6.45, 7) is 13.6. The van der Waals surface area contributed by atoms with Gasteiger partial charge in [-0.05, 0) is 106 Å². The second-order valence-electron chi connectivity index (χ2n) is 14.9. The van der Waals surface area contributed by atoms with Crippen molar-refractivity contribution in [2.45, 2.75) is 109 Å². The van der Waals surface area contributed by atoms with Crippen LogP contribution in [-0.2, 0) is 31.0 Å². The first-order chi connectivity index (χ1) is 22.4. The normalized spacial score (nSPS) is 28.4. The molecular formula is C39H46N2O6. The summed E-state index contributed by atoms with van der Waals surface area (Å²) in [5, 5.41) is 0. The van der Waals surface area contributed by atoms with Crippen molar-refractivity contribution in [2.75, 3.05) is 19.6 Å². The summed E-state index contributed by atoms with van der Waals surface area (Å²) in [5.41, 5.74) is 3.71. The van der Waals surface area contributed by atoms with Crippen LogP contribution >= 0.6 is 0 Å². The number of benzene rings is 2. The summed E-state index contributed by atoms with van der Waals surface area (Å²) in [4.78, 5) is 44.0. The van der Waals surface area contributed by atoms with Gasteiger partial charge in [-0.3, -0.25) is 19.3 Å². The molecule has 0 radical (unpaired) electrons. The molecule has 2 aromatic carbocycles. The Balaban J connectivity index is 1.35. The molecule has 7 rings (SSSR count). The Kier molecular flexibility index (Phi) is 7.90. The smallest absolute Gasteiger partial charge is 0.308 e. The average molecular weight is 639 g/mol. The van der Waals surface area contributed by atoms with Gasteiger partial charge < -0.3 is 19.1 Å². The molecule has 3 aliphatic carbocycles. The molecule has 5 aliphatic rings. The molecule has 1 amide bonds. The highest BCUT2D eigenvalue weighted by Crippen LogP contribution is 2.67. The predicted molar refractivity (Wildman–Crippen MR) is 177 cm³/mol. The van der Waals surface area contributed by atoms with Crippen molar-refractivity contribution in [3.05, 3.63) is 58.1 Å². The van der Waals surface area contributed by atoms with E-state index in [4.69, 9.17) is 14.2 Å². The number of ether oxygens (including phenoxy) is 3. The Morgan fingerprint density at radius 3 is 2.51 bits per heavy atom. The van der Waals surface area contributed by atoms with E-state index in [2.05, 4.69) is 43.6 Å². The zero-order chi connectivity index (χ0) is 33.2. The summed E-state index contributed by atoms with van der Waals surface area (Å²) >= 11 is 0. The number of esters is 2. The van der Waals surface area contributed by atoms with Crippen molar-refractivity contribution in [3.8, 4) is 23.3 Å². The number of carbonyl (C=O) groups is 3. The monoisotopic (exact) mass is 638 g/mol. The summed E-state index contributed by atoms with van der Waals surface area (Å²) < 4.78 is 19.4. The lowest BCUT2D eigenvalue weighted by Crippen LogP contribution is -2.79. The van der Waals surface area contributed by atoms with E-state index in [1.54, 1.807) is 0 Å². The van der Waals surface area contributed by atoms with E-state index in [1.165, 1.54) is 32.3 Å². The van der Waals surface area contributed by atoms with Crippen molar-refractivity contribution >= 4 is 17.8 Å². The van der Waals surface area contributed by atoms with Crippen molar-refractivity contribution in [3.63, 3.8) is 0 Å². The molecule has 0 N–H and O–H groups in total. The van der Waals surface area contributed by atoms with E-state index < -0.39 is 23.1 Å². The first-order valence-corrected chi connectivity index (χ1v) is 17.3. The summed E-state index contributed by atoms with van der Waals surface area (Å²) in [7, 11) is 0. The van der Waals surface area contributed by atoms with Gasteiger partial charge in [-0.2, -0.15) is 0 Å². The summed E-state index contributed by atoms with van der Waals surface area (Å²) in [6, 6.07) is 9.57. The maximum absolute atomic E-state index is 14.2. The van der Waals surface area contributed by atoms with Gasteiger partial charge in [-0.15, -0.1) is 0 Å². The van der Waals surface area contributed by atoms with Crippen molar-refractivity contribution in [1.29, 1.82) is 0 Å². The van der Waals surface area contributed by atoms with E-state index in [-0.39, 0.29) is 29.9 Å². The van der Waals surface area contributed by atoms with Crippen molar-refractivity contribution < 1.29 is 28.6 Å². The maximum Gasteiger partial charge on any atom is 0.308 e. The second-order valence-corrected chi connectivity index (χ2v) is 14.9. The van der Waals surface area contributed by atoms with Gasteiger partial charge in [0.15, 0.2) is 11.5 Å². The minimum atomic E-state index is -0.835. The lowest BCUT2D eigenvalue weighted by molar-refractivity contribution is -0.224. The van der Waals surface area contributed by atoms with E-state index in [0.717, 1.165) is 41.8 Å². The second kappa shape index (κ2) is 11.7. The fraction of sp³-hybridized carbons (Fsp3) is 0.564. The quantitative estimate of drug-likeness (QED) is 0.232. The molecule has 3 fully saturated rings. The van der Waals surface area contributed by atoms with E-state index >= 15 is 0 Å². The zero-order valence-electron chi connectivity index (χ0n) is 28.5. The Morgan fingerprint density at radius 2 is 1.83 bits per heavy atom. The maximum atomic E-state index is 14.2. The van der Waals surface area contributed by atoms with Crippen LogP contribution in [-0.4, -0.2) is 71.1 Å². The molecule has 1 saturated heterocycles. The lowest BCUT2D eigenvalue weighted by atomic mass is 9.48. The fourth-order valence-electron chi connectivity index (χ4n) is 9.21. The lowest BCUT2D eigenvalue weighted by Gasteiger charge is -2.65. The number of carbonyl (C=O) groups excluding carboxylic acids is 3. The number of aryl methyl sites for hydroxylation is 2. The molecule has 2 aliphatic heterocycles. The van der Waals surface area contributed by atoms with Crippen molar-refractivity contribution in [2.24, 2.45) is 11.8 Å². The molecule has 2 heterocycles. The molecule has 1 spiro atoms. The predicted octanol–water partition coefficient (Wildman–Crippen LogP) is 5.27. The van der Waals surface area contributed by atoms with Gasteiger partial charge in [0.1, 0.15) is 11.7 Å². The molecule has 2 aromatic rings. The van der Waals surface area contributed by atoms with Crippen molar-refractivity contribution in [1.82, 2.24) is 9.80 Å². The van der Waals surface area contributed by atoms with Crippen LogP contribution in [0.25, 0.3) is 0 Å². The molecule has 47 heavy (non-hydrogen) atoms. The van der Waals surface area contributed by atoms with Gasteiger partial charge in [-0.1, -0.05) is 31.9 Å². The molecular weight excluding hydrogens is 592 g/mol. The van der Waals surface area contributed by atoms with Gasteiger partial charge in [-0.25, -0.2) is 0 Å². The number of amides is 1. The van der Waals surface area contributed by atoms with Gasteiger partial charge in [0.25, 0.3) is 5.91 Å². The SMILES string of the molecule is CC(=O)Oc1ccc2c3c1O[C@H]1[C@@H](N(CC(C)C)C(=O)C#Cc4ccc(C)c(C)c4)CC[C@@]4(OC(C)=O)[C@@H](C2)N(CC2CC2)CC[C@]314. The Bertz CT molecular complexity index is 1700. The van der Waals surface area contributed by atoms with Gasteiger partial charge in [0, 0.05) is 44.0 Å². The van der Waals surface area contributed by atoms with Crippen LogP contribution in [0, 0.1) is 37.5 Å². The van der Waals surface area contributed by atoms with E-state index in [1.807, 2.05) is 36.1 Å². The zero-order valence-corrected chi connectivity index (χ0v) is 28.5. The number of nitrogens with zero attached hydrogens (tertiary/aromatic N) is 2.